The Bertz CT molecular complexity index is 700. The Morgan fingerprint density at radius 1 is 1.29 bits per heavy atom. The maximum absolute atomic E-state index is 12.3. The van der Waals surface area contributed by atoms with E-state index in [0.29, 0.717) is 12.4 Å². The first kappa shape index (κ1) is 16.6. The van der Waals surface area contributed by atoms with Crippen LogP contribution in [0, 0.1) is 0 Å². The van der Waals surface area contributed by atoms with Crippen molar-refractivity contribution in [2.75, 3.05) is 13.1 Å². The van der Waals surface area contributed by atoms with Crippen LogP contribution in [0.3, 0.4) is 0 Å². The van der Waals surface area contributed by atoms with Crippen LogP contribution < -0.4 is 10.1 Å². The Morgan fingerprint density at radius 3 is 2.88 bits per heavy atom. The van der Waals surface area contributed by atoms with E-state index in [0.717, 1.165) is 36.7 Å². The predicted octanol–water partition coefficient (Wildman–Crippen LogP) is 3.59. The van der Waals surface area contributed by atoms with Gasteiger partial charge in [0.05, 0.1) is 12.1 Å². The second-order valence-corrected chi connectivity index (χ2v) is 6.28. The molecule has 0 saturated carbocycles. The molecule has 0 spiro atoms. The summed E-state index contributed by atoms with van der Waals surface area (Å²) in [4.78, 5) is 18.7. The molecule has 1 aliphatic heterocycles. The minimum atomic E-state index is 0.00566. The number of carbonyl (C=O) groups excluding carboxylic acids is 1. The Morgan fingerprint density at radius 2 is 2.08 bits per heavy atom. The summed E-state index contributed by atoms with van der Waals surface area (Å²) in [6.45, 7) is 5.52. The number of nitrogens with one attached hydrogen (secondary N) is 1. The standard InChI is InChI=1S/C19H25N3O2/c1-3-15(4-2)20-19(23)22-12-11-16(13-22)24-18-10-9-14-7-5-6-8-17(14)21-18/h5-10,15-16H,3-4,11-13H2,1-2H3,(H,20,23). The lowest BCUT2D eigenvalue weighted by molar-refractivity contribution is 0.181. The van der Waals surface area contributed by atoms with E-state index in [-0.39, 0.29) is 18.2 Å². The number of amides is 2. The molecule has 0 radical (unpaired) electrons. The second kappa shape index (κ2) is 7.51. The highest BCUT2D eigenvalue weighted by Crippen LogP contribution is 2.20. The normalized spacial score (nSPS) is 17.5. The molecule has 1 atom stereocenters. The quantitative estimate of drug-likeness (QED) is 0.913. The molecule has 1 aromatic heterocycles. The number of aromatic nitrogens is 1. The van der Waals surface area contributed by atoms with Crippen molar-refractivity contribution in [1.29, 1.82) is 0 Å². The topological polar surface area (TPSA) is 54.5 Å². The highest BCUT2D eigenvalue weighted by molar-refractivity contribution is 5.78. The lowest BCUT2D eigenvalue weighted by atomic mass is 10.2. The monoisotopic (exact) mass is 327 g/mol. The third kappa shape index (κ3) is 3.78. The number of ether oxygens (including phenoxy) is 1. The van der Waals surface area contributed by atoms with E-state index in [1.54, 1.807) is 0 Å². The van der Waals surface area contributed by atoms with Crippen LogP contribution in [0.2, 0.25) is 0 Å². The molecular formula is C19H25N3O2. The van der Waals surface area contributed by atoms with Crippen LogP contribution in [0.4, 0.5) is 4.79 Å². The molecule has 2 amide bonds. The third-order valence-electron chi connectivity index (χ3n) is 4.61. The third-order valence-corrected chi connectivity index (χ3v) is 4.61. The summed E-state index contributed by atoms with van der Waals surface area (Å²) in [5, 5.41) is 4.18. The number of carbonyl (C=O) groups is 1. The number of para-hydroxylation sites is 1. The number of benzene rings is 1. The van der Waals surface area contributed by atoms with Crippen LogP contribution in [-0.2, 0) is 0 Å². The average Bonchev–Trinajstić information content (AvgIpc) is 3.08. The molecule has 24 heavy (non-hydrogen) atoms. The van der Waals surface area contributed by atoms with E-state index in [1.165, 1.54) is 0 Å². The molecule has 3 rings (SSSR count). The van der Waals surface area contributed by atoms with E-state index < -0.39 is 0 Å². The van der Waals surface area contributed by atoms with Gasteiger partial charge >= 0.3 is 6.03 Å². The van der Waals surface area contributed by atoms with Gasteiger partial charge in [0.1, 0.15) is 6.10 Å². The molecule has 2 heterocycles. The molecule has 128 valence electrons. The summed E-state index contributed by atoms with van der Waals surface area (Å²) in [6.07, 6.45) is 2.75. The van der Waals surface area contributed by atoms with Crippen molar-refractivity contribution in [2.24, 2.45) is 0 Å². The average molecular weight is 327 g/mol. The molecule has 1 N–H and O–H groups in total. The number of fused-ring (bicyclic) bond motifs is 1. The van der Waals surface area contributed by atoms with E-state index >= 15 is 0 Å². The lowest BCUT2D eigenvalue weighted by Gasteiger charge is -2.21. The van der Waals surface area contributed by atoms with Crippen LogP contribution in [0.15, 0.2) is 36.4 Å². The molecule has 0 aliphatic carbocycles. The first-order valence-electron chi connectivity index (χ1n) is 8.77. The van der Waals surface area contributed by atoms with Crippen molar-refractivity contribution in [3.63, 3.8) is 0 Å². The van der Waals surface area contributed by atoms with Gasteiger partial charge in [-0.25, -0.2) is 9.78 Å². The van der Waals surface area contributed by atoms with E-state index in [2.05, 4.69) is 24.1 Å². The smallest absolute Gasteiger partial charge is 0.317 e. The largest absolute Gasteiger partial charge is 0.472 e. The number of pyridine rings is 1. The van der Waals surface area contributed by atoms with E-state index in [9.17, 15) is 4.79 Å². The van der Waals surface area contributed by atoms with Crippen LogP contribution in [-0.4, -0.2) is 41.2 Å². The van der Waals surface area contributed by atoms with Crippen molar-refractivity contribution in [3.05, 3.63) is 36.4 Å². The molecule has 0 bridgehead atoms. The van der Waals surface area contributed by atoms with Gasteiger partial charge in [-0.3, -0.25) is 0 Å². The minimum absolute atomic E-state index is 0.00566. The lowest BCUT2D eigenvalue weighted by Crippen LogP contribution is -2.44. The summed E-state index contributed by atoms with van der Waals surface area (Å²) in [6, 6.07) is 12.2. The Labute approximate surface area is 143 Å². The molecule has 1 aromatic carbocycles. The van der Waals surface area contributed by atoms with Gasteiger partial charge in [0.2, 0.25) is 5.88 Å². The fraction of sp³-hybridized carbons (Fsp3) is 0.474. The van der Waals surface area contributed by atoms with Crippen molar-refractivity contribution >= 4 is 16.9 Å². The highest BCUT2D eigenvalue weighted by atomic mass is 16.5. The van der Waals surface area contributed by atoms with Crippen molar-refractivity contribution in [2.45, 2.75) is 45.3 Å². The Kier molecular flexibility index (Phi) is 5.18. The zero-order valence-electron chi connectivity index (χ0n) is 14.4. The van der Waals surface area contributed by atoms with Crippen molar-refractivity contribution < 1.29 is 9.53 Å². The summed E-state index contributed by atoms with van der Waals surface area (Å²) in [5.41, 5.74) is 0.927. The van der Waals surface area contributed by atoms with Gasteiger partial charge in [-0.05, 0) is 25.0 Å². The van der Waals surface area contributed by atoms with Crippen molar-refractivity contribution in [1.82, 2.24) is 15.2 Å². The Balaban J connectivity index is 1.58. The number of hydrogen-bond donors (Lipinski definition) is 1. The number of rotatable bonds is 5. The zero-order valence-corrected chi connectivity index (χ0v) is 14.4. The molecule has 1 unspecified atom stereocenters. The fourth-order valence-corrected chi connectivity index (χ4v) is 3.05. The van der Waals surface area contributed by atoms with Gasteiger partial charge in [0.15, 0.2) is 0 Å². The molecule has 2 aromatic rings. The van der Waals surface area contributed by atoms with Crippen LogP contribution >= 0.6 is 0 Å². The number of nitrogens with zero attached hydrogens (tertiary/aromatic N) is 2. The number of hydrogen-bond acceptors (Lipinski definition) is 3. The van der Waals surface area contributed by atoms with Gasteiger partial charge in [-0.15, -0.1) is 0 Å². The van der Waals surface area contributed by atoms with Gasteiger partial charge in [0.25, 0.3) is 0 Å². The predicted molar refractivity (Wildman–Crippen MR) is 95.3 cm³/mol. The van der Waals surface area contributed by atoms with Gasteiger partial charge in [0, 0.05) is 30.5 Å². The highest BCUT2D eigenvalue weighted by Gasteiger charge is 2.28. The van der Waals surface area contributed by atoms with Gasteiger partial charge < -0.3 is 15.0 Å². The molecule has 1 aliphatic rings. The zero-order chi connectivity index (χ0) is 16.9. The summed E-state index contributed by atoms with van der Waals surface area (Å²) in [5.74, 6) is 0.626. The summed E-state index contributed by atoms with van der Waals surface area (Å²) < 4.78 is 5.99. The van der Waals surface area contributed by atoms with Gasteiger partial charge in [-0.1, -0.05) is 32.0 Å². The molecule has 5 heteroatoms. The number of likely N-dealkylation sites (tertiary alicyclic amines) is 1. The second-order valence-electron chi connectivity index (χ2n) is 6.28. The first-order valence-corrected chi connectivity index (χ1v) is 8.77. The van der Waals surface area contributed by atoms with Crippen molar-refractivity contribution in [3.8, 4) is 5.88 Å². The number of urea groups is 1. The summed E-state index contributed by atoms with van der Waals surface area (Å²) >= 11 is 0. The molecular weight excluding hydrogens is 302 g/mol. The van der Waals surface area contributed by atoms with Crippen LogP contribution in [0.5, 0.6) is 5.88 Å². The Hall–Kier alpha value is -2.30. The summed E-state index contributed by atoms with van der Waals surface area (Å²) in [7, 11) is 0. The van der Waals surface area contributed by atoms with E-state index in [4.69, 9.17) is 4.74 Å². The SMILES string of the molecule is CCC(CC)NC(=O)N1CCC(Oc2ccc3ccccc3n2)C1. The maximum Gasteiger partial charge on any atom is 0.317 e. The molecule has 1 fully saturated rings. The van der Waals surface area contributed by atoms with Gasteiger partial charge in [-0.2, -0.15) is 0 Å². The molecule has 5 nitrogen and oxygen atoms in total. The first-order chi connectivity index (χ1) is 11.7. The van der Waals surface area contributed by atoms with Crippen LogP contribution in [0.1, 0.15) is 33.1 Å². The molecule has 1 saturated heterocycles. The maximum atomic E-state index is 12.3. The fourth-order valence-electron chi connectivity index (χ4n) is 3.05. The van der Waals surface area contributed by atoms with E-state index in [1.807, 2.05) is 41.3 Å². The van der Waals surface area contributed by atoms with Crippen LogP contribution in [0.25, 0.3) is 10.9 Å². The minimum Gasteiger partial charge on any atom is -0.472 e.